The van der Waals surface area contributed by atoms with E-state index in [9.17, 15) is 24.5 Å². The molecule has 3 aliphatic rings. The van der Waals surface area contributed by atoms with Gasteiger partial charge in [-0.05, 0) is 18.1 Å². The first-order valence-electron chi connectivity index (χ1n) is 10.1. The standard InChI is InChI=1S/C22H20N4O5/c1-11(2)18-16-17(22(24-18)14-8-3-4-9-15(14)23-21(22)29)20(28)25(19(16)27)12-6-5-7-13(10-12)26(30)31/h3-11,16-18,24H,1-2H3,(H,23,29)/t16-,17-,18+,22-/m0/s1. The summed E-state index contributed by atoms with van der Waals surface area (Å²) < 4.78 is 0. The van der Waals surface area contributed by atoms with E-state index in [-0.39, 0.29) is 23.2 Å². The number of anilines is 2. The minimum absolute atomic E-state index is 0.0331. The first-order valence-corrected chi connectivity index (χ1v) is 10.1. The molecule has 31 heavy (non-hydrogen) atoms. The third kappa shape index (κ3) is 2.43. The van der Waals surface area contributed by atoms with Crippen molar-refractivity contribution in [2.75, 3.05) is 10.2 Å². The second kappa shape index (κ2) is 6.45. The van der Waals surface area contributed by atoms with Gasteiger partial charge in [0.05, 0.1) is 22.4 Å². The predicted molar refractivity (Wildman–Crippen MR) is 111 cm³/mol. The molecule has 0 radical (unpaired) electrons. The fourth-order valence-corrected chi connectivity index (χ4v) is 5.26. The quantitative estimate of drug-likeness (QED) is 0.446. The third-order valence-corrected chi connectivity index (χ3v) is 6.57. The number of benzene rings is 2. The second-order valence-electron chi connectivity index (χ2n) is 8.51. The van der Waals surface area contributed by atoms with Crippen molar-refractivity contribution in [1.82, 2.24) is 5.32 Å². The van der Waals surface area contributed by atoms with Gasteiger partial charge in [0.2, 0.25) is 17.7 Å². The second-order valence-corrected chi connectivity index (χ2v) is 8.51. The number of nitrogens with zero attached hydrogens (tertiary/aromatic N) is 2. The van der Waals surface area contributed by atoms with Crippen LogP contribution in [0.15, 0.2) is 48.5 Å². The number of nitrogens with one attached hydrogen (secondary N) is 2. The lowest BCUT2D eigenvalue weighted by Gasteiger charge is -2.30. The van der Waals surface area contributed by atoms with Gasteiger partial charge >= 0.3 is 0 Å². The number of hydrogen-bond donors (Lipinski definition) is 2. The van der Waals surface area contributed by atoms with E-state index in [0.717, 1.165) is 4.90 Å². The molecule has 0 aromatic heterocycles. The molecule has 2 aromatic rings. The van der Waals surface area contributed by atoms with Gasteiger partial charge < -0.3 is 5.32 Å². The Morgan fingerprint density at radius 3 is 2.52 bits per heavy atom. The highest BCUT2D eigenvalue weighted by molar-refractivity contribution is 6.25. The number of nitro benzene ring substituents is 1. The molecule has 0 aliphatic carbocycles. The predicted octanol–water partition coefficient (Wildman–Crippen LogP) is 2.18. The zero-order chi connectivity index (χ0) is 22.1. The molecule has 158 valence electrons. The van der Waals surface area contributed by atoms with Gasteiger partial charge in [-0.1, -0.05) is 38.1 Å². The lowest BCUT2D eigenvalue weighted by molar-refractivity contribution is -0.384. The highest BCUT2D eigenvalue weighted by Crippen LogP contribution is 2.54. The van der Waals surface area contributed by atoms with Gasteiger partial charge in [-0.2, -0.15) is 0 Å². The van der Waals surface area contributed by atoms with E-state index < -0.39 is 40.2 Å². The van der Waals surface area contributed by atoms with Crippen molar-refractivity contribution in [1.29, 1.82) is 0 Å². The number of hydrogen-bond acceptors (Lipinski definition) is 6. The van der Waals surface area contributed by atoms with Crippen LogP contribution in [0.3, 0.4) is 0 Å². The summed E-state index contributed by atoms with van der Waals surface area (Å²) >= 11 is 0. The molecular weight excluding hydrogens is 400 g/mol. The fraction of sp³-hybridized carbons (Fsp3) is 0.318. The maximum atomic E-state index is 13.7. The van der Waals surface area contributed by atoms with E-state index in [0.29, 0.717) is 11.3 Å². The summed E-state index contributed by atoms with van der Waals surface area (Å²) in [5, 5.41) is 17.4. The minimum Gasteiger partial charge on any atom is -0.324 e. The molecule has 9 heteroatoms. The summed E-state index contributed by atoms with van der Waals surface area (Å²) in [6.07, 6.45) is 0. The van der Waals surface area contributed by atoms with E-state index in [4.69, 9.17) is 0 Å². The Balaban J connectivity index is 1.67. The molecule has 0 saturated carbocycles. The molecule has 0 bridgehead atoms. The van der Waals surface area contributed by atoms with Crippen molar-refractivity contribution >= 4 is 34.8 Å². The number of nitro groups is 1. The van der Waals surface area contributed by atoms with E-state index in [1.54, 1.807) is 24.3 Å². The molecule has 2 saturated heterocycles. The number of para-hydroxylation sites is 1. The van der Waals surface area contributed by atoms with Gasteiger partial charge in [0.15, 0.2) is 0 Å². The first kappa shape index (κ1) is 19.4. The van der Waals surface area contributed by atoms with Crippen LogP contribution in [0.4, 0.5) is 17.1 Å². The third-order valence-electron chi connectivity index (χ3n) is 6.57. The van der Waals surface area contributed by atoms with E-state index in [2.05, 4.69) is 10.6 Å². The Kier molecular flexibility index (Phi) is 4.03. The van der Waals surface area contributed by atoms with Crippen LogP contribution in [0, 0.1) is 27.9 Å². The monoisotopic (exact) mass is 420 g/mol. The Bertz CT molecular complexity index is 1160. The lowest BCUT2D eigenvalue weighted by Crippen LogP contribution is -2.54. The van der Waals surface area contributed by atoms with Gasteiger partial charge in [0.1, 0.15) is 5.54 Å². The SMILES string of the molecule is CC(C)[C@H]1N[C@]2(C(=O)Nc3ccccc32)[C@@H]2C(=O)N(c3cccc([N+](=O)[O-])c3)C(=O)[C@H]12. The molecule has 3 heterocycles. The van der Waals surface area contributed by atoms with Crippen LogP contribution in [0.5, 0.6) is 0 Å². The molecule has 4 atom stereocenters. The van der Waals surface area contributed by atoms with E-state index >= 15 is 0 Å². The van der Waals surface area contributed by atoms with Crippen molar-refractivity contribution in [3.05, 3.63) is 64.2 Å². The highest BCUT2D eigenvalue weighted by Gasteiger charge is 2.70. The molecule has 3 amide bonds. The summed E-state index contributed by atoms with van der Waals surface area (Å²) in [4.78, 5) is 52.1. The van der Waals surface area contributed by atoms with Crippen LogP contribution in [-0.2, 0) is 19.9 Å². The average molecular weight is 420 g/mol. The van der Waals surface area contributed by atoms with Crippen molar-refractivity contribution in [3.63, 3.8) is 0 Å². The van der Waals surface area contributed by atoms with Crippen molar-refractivity contribution < 1.29 is 19.3 Å². The minimum atomic E-state index is -1.36. The number of carbonyl (C=O) groups excluding carboxylic acids is 3. The molecule has 5 rings (SSSR count). The Morgan fingerprint density at radius 2 is 1.81 bits per heavy atom. The van der Waals surface area contributed by atoms with Gasteiger partial charge in [-0.3, -0.25) is 29.8 Å². The van der Waals surface area contributed by atoms with Gasteiger partial charge in [-0.15, -0.1) is 0 Å². The molecule has 1 spiro atoms. The normalized spacial score (nSPS) is 28.9. The van der Waals surface area contributed by atoms with E-state index in [1.165, 1.54) is 24.3 Å². The average Bonchev–Trinajstić information content (AvgIpc) is 3.33. The summed E-state index contributed by atoms with van der Waals surface area (Å²) in [6.45, 7) is 3.86. The van der Waals surface area contributed by atoms with Crippen LogP contribution < -0.4 is 15.5 Å². The molecule has 0 unspecified atom stereocenters. The Morgan fingerprint density at radius 1 is 1.06 bits per heavy atom. The van der Waals surface area contributed by atoms with Crippen LogP contribution in [0.25, 0.3) is 0 Å². The molecular formula is C22H20N4O5. The summed E-state index contributed by atoms with van der Waals surface area (Å²) in [6, 6.07) is 12.2. The summed E-state index contributed by atoms with van der Waals surface area (Å²) in [5.41, 5.74) is -0.189. The zero-order valence-corrected chi connectivity index (χ0v) is 16.9. The topological polar surface area (TPSA) is 122 Å². The van der Waals surface area contributed by atoms with Crippen molar-refractivity contribution in [2.24, 2.45) is 17.8 Å². The molecule has 2 aromatic carbocycles. The number of rotatable bonds is 3. The van der Waals surface area contributed by atoms with Crippen LogP contribution >= 0.6 is 0 Å². The number of non-ortho nitro benzene ring substituents is 1. The van der Waals surface area contributed by atoms with Gasteiger partial charge in [0.25, 0.3) is 5.69 Å². The van der Waals surface area contributed by atoms with Crippen LogP contribution in [-0.4, -0.2) is 28.7 Å². The van der Waals surface area contributed by atoms with Crippen LogP contribution in [0.2, 0.25) is 0 Å². The molecule has 2 N–H and O–H groups in total. The van der Waals surface area contributed by atoms with Gasteiger partial charge in [-0.25, -0.2) is 4.90 Å². The van der Waals surface area contributed by atoms with Crippen molar-refractivity contribution in [3.8, 4) is 0 Å². The summed E-state index contributed by atoms with van der Waals surface area (Å²) in [5.74, 6) is -3.09. The highest BCUT2D eigenvalue weighted by atomic mass is 16.6. The lowest BCUT2D eigenvalue weighted by atomic mass is 9.76. The maximum absolute atomic E-state index is 13.7. The largest absolute Gasteiger partial charge is 0.324 e. The number of imide groups is 1. The molecule has 3 aliphatic heterocycles. The van der Waals surface area contributed by atoms with Crippen molar-refractivity contribution in [2.45, 2.75) is 25.4 Å². The molecule has 9 nitrogen and oxygen atoms in total. The smallest absolute Gasteiger partial charge is 0.271 e. The van der Waals surface area contributed by atoms with Crippen LogP contribution in [0.1, 0.15) is 19.4 Å². The fourth-order valence-electron chi connectivity index (χ4n) is 5.26. The first-order chi connectivity index (χ1) is 14.8. The Labute approximate surface area is 177 Å². The Hall–Kier alpha value is -3.59. The number of fused-ring (bicyclic) bond motifs is 4. The summed E-state index contributed by atoms with van der Waals surface area (Å²) in [7, 11) is 0. The zero-order valence-electron chi connectivity index (χ0n) is 16.9. The maximum Gasteiger partial charge on any atom is 0.271 e. The number of amides is 3. The van der Waals surface area contributed by atoms with E-state index in [1.807, 2.05) is 13.8 Å². The molecule has 2 fully saturated rings. The van der Waals surface area contributed by atoms with Gasteiger partial charge in [0, 0.05) is 29.4 Å². The number of carbonyl (C=O) groups is 3.